The van der Waals surface area contributed by atoms with E-state index in [-0.39, 0.29) is 0 Å². The van der Waals surface area contributed by atoms with Crippen LogP contribution in [0, 0.1) is 0 Å². The van der Waals surface area contributed by atoms with Crippen molar-refractivity contribution in [2.24, 2.45) is 0 Å². The number of benzene rings is 1. The molecule has 0 aliphatic carbocycles. The molecule has 6 nitrogen and oxygen atoms in total. The van der Waals surface area contributed by atoms with Crippen molar-refractivity contribution in [3.63, 3.8) is 0 Å². The molecular weight excluding hydrogens is 300 g/mol. The molecule has 2 aromatic heterocycles. The van der Waals surface area contributed by atoms with E-state index in [9.17, 15) is 0 Å². The van der Waals surface area contributed by atoms with Gasteiger partial charge < -0.3 is 4.90 Å². The molecule has 1 N–H and O–H groups in total. The molecule has 0 saturated carbocycles. The van der Waals surface area contributed by atoms with Crippen LogP contribution in [0.5, 0.6) is 0 Å². The first-order valence-corrected chi connectivity index (χ1v) is 8.56. The zero-order chi connectivity index (χ0) is 16.2. The fourth-order valence-corrected chi connectivity index (χ4v) is 3.33. The molecule has 1 aromatic carbocycles. The van der Waals surface area contributed by atoms with Crippen LogP contribution in [0.1, 0.15) is 24.6 Å². The number of hydrogen-bond donors (Lipinski definition) is 1. The predicted octanol–water partition coefficient (Wildman–Crippen LogP) is 2.55. The van der Waals surface area contributed by atoms with Crippen molar-refractivity contribution in [2.45, 2.75) is 25.3 Å². The molecule has 0 bridgehead atoms. The van der Waals surface area contributed by atoms with Gasteiger partial charge in [0, 0.05) is 37.0 Å². The summed E-state index contributed by atoms with van der Waals surface area (Å²) in [6, 6.07) is 12.1. The molecule has 6 heteroatoms. The van der Waals surface area contributed by atoms with E-state index in [1.54, 1.807) is 0 Å². The van der Waals surface area contributed by atoms with Crippen molar-refractivity contribution in [1.29, 1.82) is 0 Å². The standard InChI is InChI=1S/C18H22N6/c1-2-6-15(7-3-1)17-20-18(22-21-17)16-8-4-10-23(14-16)12-13-24-11-5-9-19-24/h1-3,5-7,9,11,16H,4,8,10,12-14H2,(H,20,21,22)/t16-/m1/s1. The molecule has 1 aliphatic rings. The van der Waals surface area contributed by atoms with Crippen LogP contribution in [0.3, 0.4) is 0 Å². The topological polar surface area (TPSA) is 62.6 Å². The fourth-order valence-electron chi connectivity index (χ4n) is 3.33. The Labute approximate surface area is 141 Å². The number of piperidine rings is 1. The molecule has 24 heavy (non-hydrogen) atoms. The Morgan fingerprint density at radius 2 is 2.04 bits per heavy atom. The number of H-pyrrole nitrogens is 1. The second-order valence-corrected chi connectivity index (χ2v) is 6.32. The van der Waals surface area contributed by atoms with Crippen LogP contribution in [-0.4, -0.2) is 49.5 Å². The van der Waals surface area contributed by atoms with Gasteiger partial charge in [0.2, 0.25) is 0 Å². The van der Waals surface area contributed by atoms with E-state index in [0.717, 1.165) is 43.4 Å². The van der Waals surface area contributed by atoms with Crippen LogP contribution in [0.15, 0.2) is 48.8 Å². The Balaban J connectivity index is 1.40. The zero-order valence-electron chi connectivity index (χ0n) is 13.7. The second kappa shape index (κ2) is 6.97. The van der Waals surface area contributed by atoms with Crippen molar-refractivity contribution in [3.8, 4) is 11.4 Å². The number of nitrogens with zero attached hydrogens (tertiary/aromatic N) is 5. The van der Waals surface area contributed by atoms with Crippen LogP contribution < -0.4 is 0 Å². The quantitative estimate of drug-likeness (QED) is 0.784. The minimum Gasteiger partial charge on any atom is -0.301 e. The highest BCUT2D eigenvalue weighted by atomic mass is 15.3. The largest absolute Gasteiger partial charge is 0.301 e. The number of aromatic nitrogens is 5. The number of hydrogen-bond acceptors (Lipinski definition) is 4. The molecule has 1 atom stereocenters. The molecular formula is C18H22N6. The van der Waals surface area contributed by atoms with Gasteiger partial charge >= 0.3 is 0 Å². The number of nitrogens with one attached hydrogen (secondary N) is 1. The molecule has 1 saturated heterocycles. The second-order valence-electron chi connectivity index (χ2n) is 6.32. The minimum atomic E-state index is 0.432. The molecule has 0 amide bonds. The van der Waals surface area contributed by atoms with E-state index < -0.39 is 0 Å². The lowest BCUT2D eigenvalue weighted by Crippen LogP contribution is -2.36. The lowest BCUT2D eigenvalue weighted by Gasteiger charge is -2.31. The molecule has 124 valence electrons. The van der Waals surface area contributed by atoms with E-state index in [1.807, 2.05) is 53.5 Å². The monoisotopic (exact) mass is 322 g/mol. The minimum absolute atomic E-state index is 0.432. The van der Waals surface area contributed by atoms with Crippen LogP contribution >= 0.6 is 0 Å². The molecule has 3 aromatic rings. The molecule has 0 unspecified atom stereocenters. The maximum absolute atomic E-state index is 4.74. The smallest absolute Gasteiger partial charge is 0.181 e. The lowest BCUT2D eigenvalue weighted by atomic mass is 9.97. The predicted molar refractivity (Wildman–Crippen MR) is 92.5 cm³/mol. The SMILES string of the molecule is c1ccc(-c2n[nH]c([C@@H]3CCCN(CCn4cccn4)C3)n2)cc1. The first-order chi connectivity index (χ1) is 11.9. The third-order valence-electron chi connectivity index (χ3n) is 4.63. The highest BCUT2D eigenvalue weighted by Crippen LogP contribution is 2.25. The first-order valence-electron chi connectivity index (χ1n) is 8.56. The molecule has 1 aliphatic heterocycles. The van der Waals surface area contributed by atoms with Gasteiger partial charge in [0.05, 0.1) is 6.54 Å². The van der Waals surface area contributed by atoms with Gasteiger partial charge in [-0.25, -0.2) is 4.98 Å². The molecule has 3 heterocycles. The summed E-state index contributed by atoms with van der Waals surface area (Å²) >= 11 is 0. The summed E-state index contributed by atoms with van der Waals surface area (Å²) in [6.07, 6.45) is 6.22. The Kier molecular flexibility index (Phi) is 4.38. The zero-order valence-corrected chi connectivity index (χ0v) is 13.7. The van der Waals surface area contributed by atoms with Crippen molar-refractivity contribution in [2.75, 3.05) is 19.6 Å². The maximum atomic E-state index is 4.74. The fraction of sp³-hybridized carbons (Fsp3) is 0.389. The summed E-state index contributed by atoms with van der Waals surface area (Å²) in [4.78, 5) is 7.24. The lowest BCUT2D eigenvalue weighted by molar-refractivity contribution is 0.195. The van der Waals surface area contributed by atoms with E-state index in [2.05, 4.69) is 20.2 Å². The maximum Gasteiger partial charge on any atom is 0.181 e. The summed E-state index contributed by atoms with van der Waals surface area (Å²) in [5.41, 5.74) is 1.06. The van der Waals surface area contributed by atoms with E-state index in [0.29, 0.717) is 5.92 Å². The molecule has 0 spiro atoms. The summed E-state index contributed by atoms with van der Waals surface area (Å²) in [6.45, 7) is 4.14. The van der Waals surface area contributed by atoms with Gasteiger partial charge in [0.15, 0.2) is 5.82 Å². The van der Waals surface area contributed by atoms with Crippen molar-refractivity contribution in [1.82, 2.24) is 29.9 Å². The third-order valence-corrected chi connectivity index (χ3v) is 4.63. The molecule has 0 radical (unpaired) electrons. The highest BCUT2D eigenvalue weighted by Gasteiger charge is 2.24. The van der Waals surface area contributed by atoms with Crippen LogP contribution in [0.2, 0.25) is 0 Å². The summed E-state index contributed by atoms with van der Waals surface area (Å²) < 4.78 is 1.99. The van der Waals surface area contributed by atoms with Crippen molar-refractivity contribution in [3.05, 3.63) is 54.6 Å². The Bertz CT molecular complexity index is 749. The van der Waals surface area contributed by atoms with Crippen LogP contribution in [-0.2, 0) is 6.54 Å². The Hall–Kier alpha value is -2.47. The van der Waals surface area contributed by atoms with Crippen molar-refractivity contribution >= 4 is 0 Å². The average Bonchev–Trinajstić information content (AvgIpc) is 3.33. The van der Waals surface area contributed by atoms with Gasteiger partial charge in [-0.15, -0.1) is 0 Å². The molecule has 1 fully saturated rings. The van der Waals surface area contributed by atoms with Gasteiger partial charge in [0.25, 0.3) is 0 Å². The van der Waals surface area contributed by atoms with Crippen LogP contribution in [0.25, 0.3) is 11.4 Å². The van der Waals surface area contributed by atoms with Crippen molar-refractivity contribution < 1.29 is 0 Å². The van der Waals surface area contributed by atoms with Gasteiger partial charge in [-0.3, -0.25) is 9.78 Å². The average molecular weight is 322 g/mol. The first kappa shape index (κ1) is 15.1. The van der Waals surface area contributed by atoms with E-state index in [4.69, 9.17) is 4.98 Å². The Morgan fingerprint density at radius 3 is 2.88 bits per heavy atom. The summed E-state index contributed by atoms with van der Waals surface area (Å²) in [5.74, 6) is 2.23. The summed E-state index contributed by atoms with van der Waals surface area (Å²) in [5, 5.41) is 11.8. The van der Waals surface area contributed by atoms with Crippen LogP contribution in [0.4, 0.5) is 0 Å². The highest BCUT2D eigenvalue weighted by molar-refractivity contribution is 5.53. The van der Waals surface area contributed by atoms with Gasteiger partial charge in [0.1, 0.15) is 5.82 Å². The van der Waals surface area contributed by atoms with Gasteiger partial charge in [-0.1, -0.05) is 30.3 Å². The molecule has 4 rings (SSSR count). The van der Waals surface area contributed by atoms with Gasteiger partial charge in [-0.05, 0) is 25.5 Å². The Morgan fingerprint density at radius 1 is 1.12 bits per heavy atom. The normalized spacial score (nSPS) is 18.8. The number of aromatic amines is 1. The third kappa shape index (κ3) is 3.38. The van der Waals surface area contributed by atoms with E-state index >= 15 is 0 Å². The van der Waals surface area contributed by atoms with E-state index in [1.165, 1.54) is 12.8 Å². The number of likely N-dealkylation sites (tertiary alicyclic amines) is 1. The summed E-state index contributed by atoms with van der Waals surface area (Å²) in [7, 11) is 0. The van der Waals surface area contributed by atoms with Gasteiger partial charge in [-0.2, -0.15) is 10.2 Å². The number of rotatable bonds is 5.